The number of rotatable bonds is 3. The highest BCUT2D eigenvalue weighted by atomic mass is 79.9. The van der Waals surface area contributed by atoms with Crippen LogP contribution in [0.1, 0.15) is 19.5 Å². The number of nitrogens with zero attached hydrogens (tertiary/aromatic N) is 2. The van der Waals surface area contributed by atoms with Gasteiger partial charge in [0.15, 0.2) is 0 Å². The van der Waals surface area contributed by atoms with Crippen LogP contribution in [0.4, 0.5) is 5.69 Å². The first-order valence-electron chi connectivity index (χ1n) is 4.70. The van der Waals surface area contributed by atoms with Gasteiger partial charge in [0, 0.05) is 35.5 Å². The molecular weight excluding hydrogens is 240 g/mol. The van der Waals surface area contributed by atoms with Gasteiger partial charge in [0.25, 0.3) is 0 Å². The number of hydrogen-bond acceptors (Lipinski definition) is 2. The maximum atomic E-state index is 4.19. The van der Waals surface area contributed by atoms with Crippen molar-refractivity contribution in [3.8, 4) is 0 Å². The van der Waals surface area contributed by atoms with E-state index in [1.54, 1.807) is 0 Å². The summed E-state index contributed by atoms with van der Waals surface area (Å²) in [5.41, 5.74) is 2.38. The van der Waals surface area contributed by atoms with E-state index in [1.807, 2.05) is 19.2 Å². The first kappa shape index (κ1) is 11.5. The molecule has 0 aliphatic heterocycles. The maximum Gasteiger partial charge on any atom is 0.0439 e. The number of pyridine rings is 1. The van der Waals surface area contributed by atoms with Gasteiger partial charge < -0.3 is 4.90 Å². The van der Waals surface area contributed by atoms with E-state index in [4.69, 9.17) is 0 Å². The Kier molecular flexibility index (Phi) is 3.53. The second kappa shape index (κ2) is 4.30. The van der Waals surface area contributed by atoms with Crippen molar-refractivity contribution in [3.05, 3.63) is 24.0 Å². The number of hydrogen-bond donors (Lipinski definition) is 0. The van der Waals surface area contributed by atoms with Gasteiger partial charge in [0.2, 0.25) is 0 Å². The van der Waals surface area contributed by atoms with Gasteiger partial charge in [0.05, 0.1) is 0 Å². The summed E-state index contributed by atoms with van der Waals surface area (Å²) in [7, 11) is 2.11. The zero-order valence-electron chi connectivity index (χ0n) is 9.21. The minimum absolute atomic E-state index is 0.119. The summed E-state index contributed by atoms with van der Waals surface area (Å²) in [5.74, 6) is 0. The molecule has 1 aromatic rings. The molecule has 0 unspecified atom stereocenters. The standard InChI is InChI=1S/C11H17BrN2/c1-9-7-10(5-6-13-9)14(4)11(2,3)8-12/h5-7H,8H2,1-4H3. The van der Waals surface area contributed by atoms with Crippen molar-refractivity contribution in [2.24, 2.45) is 0 Å². The summed E-state index contributed by atoms with van der Waals surface area (Å²) in [6, 6.07) is 4.14. The molecule has 0 N–H and O–H groups in total. The van der Waals surface area contributed by atoms with Crippen molar-refractivity contribution < 1.29 is 0 Å². The average molecular weight is 257 g/mol. The zero-order valence-corrected chi connectivity index (χ0v) is 10.8. The molecule has 1 rings (SSSR count). The second-order valence-corrected chi connectivity index (χ2v) is 4.72. The Bertz CT molecular complexity index is 310. The average Bonchev–Trinajstić information content (AvgIpc) is 2.16. The van der Waals surface area contributed by atoms with E-state index in [-0.39, 0.29) is 5.54 Å². The molecule has 0 fully saturated rings. The summed E-state index contributed by atoms with van der Waals surface area (Å²) < 4.78 is 0. The molecule has 78 valence electrons. The Morgan fingerprint density at radius 1 is 1.50 bits per heavy atom. The van der Waals surface area contributed by atoms with Crippen LogP contribution in [-0.2, 0) is 0 Å². The minimum atomic E-state index is 0.119. The lowest BCUT2D eigenvalue weighted by Crippen LogP contribution is -2.42. The van der Waals surface area contributed by atoms with E-state index in [1.165, 1.54) is 5.69 Å². The third-order valence-electron chi connectivity index (χ3n) is 2.50. The summed E-state index contributed by atoms with van der Waals surface area (Å²) in [6.07, 6.45) is 1.85. The van der Waals surface area contributed by atoms with Gasteiger partial charge in [0.1, 0.15) is 0 Å². The van der Waals surface area contributed by atoms with Gasteiger partial charge >= 0.3 is 0 Å². The van der Waals surface area contributed by atoms with Crippen LogP contribution in [0.3, 0.4) is 0 Å². The van der Waals surface area contributed by atoms with Crippen LogP contribution in [0.5, 0.6) is 0 Å². The van der Waals surface area contributed by atoms with Gasteiger partial charge in [-0.15, -0.1) is 0 Å². The van der Waals surface area contributed by atoms with Crippen LogP contribution >= 0.6 is 15.9 Å². The van der Waals surface area contributed by atoms with Gasteiger partial charge in [-0.1, -0.05) is 15.9 Å². The number of alkyl halides is 1. The van der Waals surface area contributed by atoms with Crippen LogP contribution in [0.25, 0.3) is 0 Å². The Morgan fingerprint density at radius 3 is 2.64 bits per heavy atom. The molecule has 2 nitrogen and oxygen atoms in total. The van der Waals surface area contributed by atoms with Gasteiger partial charge in [-0.3, -0.25) is 4.98 Å². The maximum absolute atomic E-state index is 4.19. The Labute approximate surface area is 94.5 Å². The van der Waals surface area contributed by atoms with Crippen molar-refractivity contribution in [2.75, 3.05) is 17.3 Å². The Hall–Kier alpha value is -0.570. The molecule has 1 aromatic heterocycles. The first-order chi connectivity index (χ1) is 6.47. The van der Waals surface area contributed by atoms with E-state index in [2.05, 4.69) is 52.8 Å². The van der Waals surface area contributed by atoms with Crippen LogP contribution in [0, 0.1) is 6.92 Å². The zero-order chi connectivity index (χ0) is 10.8. The Morgan fingerprint density at radius 2 is 2.14 bits per heavy atom. The molecule has 14 heavy (non-hydrogen) atoms. The monoisotopic (exact) mass is 256 g/mol. The van der Waals surface area contributed by atoms with E-state index < -0.39 is 0 Å². The summed E-state index contributed by atoms with van der Waals surface area (Å²) >= 11 is 3.53. The van der Waals surface area contributed by atoms with Crippen molar-refractivity contribution in [1.29, 1.82) is 0 Å². The molecule has 0 atom stereocenters. The predicted octanol–water partition coefficient (Wildman–Crippen LogP) is 3.00. The molecule has 3 heteroatoms. The lowest BCUT2D eigenvalue weighted by molar-refractivity contribution is 0.552. The number of aromatic nitrogens is 1. The fourth-order valence-corrected chi connectivity index (χ4v) is 1.55. The third kappa shape index (κ3) is 2.47. The largest absolute Gasteiger partial charge is 0.369 e. The van der Waals surface area contributed by atoms with Crippen LogP contribution in [0.2, 0.25) is 0 Å². The second-order valence-electron chi connectivity index (χ2n) is 4.16. The van der Waals surface area contributed by atoms with E-state index >= 15 is 0 Å². The van der Waals surface area contributed by atoms with Gasteiger partial charge in [-0.2, -0.15) is 0 Å². The SMILES string of the molecule is Cc1cc(N(C)C(C)(C)CBr)ccn1. The fraction of sp³-hybridized carbons (Fsp3) is 0.545. The van der Waals surface area contributed by atoms with Crippen LogP contribution in [-0.4, -0.2) is 22.9 Å². The lowest BCUT2D eigenvalue weighted by atomic mass is 10.1. The van der Waals surface area contributed by atoms with Gasteiger partial charge in [-0.05, 0) is 32.9 Å². The molecule has 0 aliphatic carbocycles. The summed E-state index contributed by atoms with van der Waals surface area (Å²) in [4.78, 5) is 6.45. The lowest BCUT2D eigenvalue weighted by Gasteiger charge is -2.36. The van der Waals surface area contributed by atoms with Crippen molar-refractivity contribution in [2.45, 2.75) is 26.3 Å². The minimum Gasteiger partial charge on any atom is -0.369 e. The summed E-state index contributed by atoms with van der Waals surface area (Å²) in [6.45, 7) is 6.42. The van der Waals surface area contributed by atoms with Crippen molar-refractivity contribution in [1.82, 2.24) is 4.98 Å². The topological polar surface area (TPSA) is 16.1 Å². The fourth-order valence-electron chi connectivity index (χ4n) is 1.18. The highest BCUT2D eigenvalue weighted by Crippen LogP contribution is 2.23. The van der Waals surface area contributed by atoms with E-state index in [0.29, 0.717) is 0 Å². The number of aryl methyl sites for hydroxylation is 1. The van der Waals surface area contributed by atoms with Crippen molar-refractivity contribution >= 4 is 21.6 Å². The Balaban J connectivity index is 2.94. The smallest absolute Gasteiger partial charge is 0.0439 e. The summed E-state index contributed by atoms with van der Waals surface area (Å²) in [5, 5.41) is 0.942. The van der Waals surface area contributed by atoms with Crippen molar-refractivity contribution in [3.63, 3.8) is 0 Å². The van der Waals surface area contributed by atoms with E-state index in [9.17, 15) is 0 Å². The molecule has 0 spiro atoms. The highest BCUT2D eigenvalue weighted by Gasteiger charge is 2.22. The van der Waals surface area contributed by atoms with Crippen LogP contribution < -0.4 is 4.90 Å². The molecule has 0 amide bonds. The number of halogens is 1. The normalized spacial score (nSPS) is 11.5. The molecular formula is C11H17BrN2. The molecule has 1 heterocycles. The first-order valence-corrected chi connectivity index (χ1v) is 5.82. The van der Waals surface area contributed by atoms with Crippen LogP contribution in [0.15, 0.2) is 18.3 Å². The van der Waals surface area contributed by atoms with E-state index in [0.717, 1.165) is 11.0 Å². The molecule has 0 saturated carbocycles. The third-order valence-corrected chi connectivity index (χ3v) is 3.87. The van der Waals surface area contributed by atoms with Gasteiger partial charge in [-0.25, -0.2) is 0 Å². The quantitative estimate of drug-likeness (QED) is 0.774. The molecule has 0 bridgehead atoms. The number of anilines is 1. The molecule has 0 saturated heterocycles. The molecule has 0 aromatic carbocycles. The predicted molar refractivity (Wildman–Crippen MR) is 65.3 cm³/mol. The molecule has 0 radical (unpaired) electrons. The molecule has 0 aliphatic rings. The highest BCUT2D eigenvalue weighted by molar-refractivity contribution is 9.09.